The monoisotopic (exact) mass is 441 g/mol. The lowest BCUT2D eigenvalue weighted by atomic mass is 10.1. The Bertz CT molecular complexity index is 839. The summed E-state index contributed by atoms with van der Waals surface area (Å²) in [6.07, 6.45) is 2.97. The summed E-state index contributed by atoms with van der Waals surface area (Å²) in [5, 5.41) is 3.09. The first-order chi connectivity index (χ1) is 15.4. The van der Waals surface area contributed by atoms with E-state index < -0.39 is 0 Å². The van der Waals surface area contributed by atoms with E-state index in [9.17, 15) is 9.18 Å². The second kappa shape index (κ2) is 11.9. The molecule has 1 saturated heterocycles. The number of hydrogen-bond donors (Lipinski definition) is 1. The van der Waals surface area contributed by atoms with Gasteiger partial charge in [-0.25, -0.2) is 9.18 Å². The summed E-state index contributed by atoms with van der Waals surface area (Å²) in [6.45, 7) is 7.87. The quantitative estimate of drug-likeness (QED) is 0.623. The van der Waals surface area contributed by atoms with Crippen molar-refractivity contribution in [1.82, 2.24) is 15.1 Å². The zero-order chi connectivity index (χ0) is 22.9. The van der Waals surface area contributed by atoms with Crippen molar-refractivity contribution in [2.24, 2.45) is 5.92 Å². The second-order valence-corrected chi connectivity index (χ2v) is 9.15. The number of nitrogens with one attached hydrogen (secondary N) is 1. The Morgan fingerprint density at radius 2 is 1.78 bits per heavy atom. The molecule has 0 radical (unpaired) electrons. The van der Waals surface area contributed by atoms with E-state index in [0.717, 1.165) is 49.2 Å². The Labute approximate surface area is 191 Å². The highest BCUT2D eigenvalue weighted by Gasteiger charge is 2.26. The Balaban J connectivity index is 1.64. The fourth-order valence-electron chi connectivity index (χ4n) is 3.93. The number of nitrogens with zero attached hydrogens (tertiary/aromatic N) is 2. The topological polar surface area (TPSA) is 44.8 Å². The Hall–Kier alpha value is -2.60. The van der Waals surface area contributed by atoms with Crippen LogP contribution in [0.25, 0.3) is 0 Å². The predicted molar refractivity (Wildman–Crippen MR) is 126 cm³/mol. The molecule has 0 unspecified atom stereocenters. The second-order valence-electron chi connectivity index (χ2n) is 9.15. The van der Waals surface area contributed by atoms with E-state index in [0.29, 0.717) is 25.6 Å². The molecule has 1 N–H and O–H groups in total. The summed E-state index contributed by atoms with van der Waals surface area (Å²) in [6, 6.07) is 14.4. The van der Waals surface area contributed by atoms with Gasteiger partial charge in [0.15, 0.2) is 0 Å². The molecule has 32 heavy (non-hydrogen) atoms. The molecule has 1 atom stereocenters. The van der Waals surface area contributed by atoms with Gasteiger partial charge in [-0.1, -0.05) is 38.1 Å². The van der Waals surface area contributed by atoms with Gasteiger partial charge in [0, 0.05) is 19.1 Å². The van der Waals surface area contributed by atoms with Crippen molar-refractivity contribution in [1.29, 1.82) is 0 Å². The molecular weight excluding hydrogens is 405 g/mol. The smallest absolute Gasteiger partial charge is 0.318 e. The van der Waals surface area contributed by atoms with Gasteiger partial charge in [0.25, 0.3) is 0 Å². The number of amides is 2. The summed E-state index contributed by atoms with van der Waals surface area (Å²) in [7, 11) is 2.13. The van der Waals surface area contributed by atoms with Crippen LogP contribution in [-0.4, -0.2) is 48.6 Å². The number of halogens is 1. The number of likely N-dealkylation sites (tertiary alicyclic amines) is 1. The Morgan fingerprint density at radius 1 is 1.09 bits per heavy atom. The van der Waals surface area contributed by atoms with Crippen LogP contribution >= 0.6 is 0 Å². The van der Waals surface area contributed by atoms with Crippen molar-refractivity contribution < 1.29 is 13.9 Å². The van der Waals surface area contributed by atoms with Gasteiger partial charge in [-0.15, -0.1) is 0 Å². The Morgan fingerprint density at radius 3 is 2.47 bits per heavy atom. The molecule has 1 fully saturated rings. The van der Waals surface area contributed by atoms with Gasteiger partial charge in [-0.3, -0.25) is 0 Å². The summed E-state index contributed by atoms with van der Waals surface area (Å²) in [5.41, 5.74) is 1.96. The third kappa shape index (κ3) is 7.52. The predicted octanol–water partition coefficient (Wildman–Crippen LogP) is 5.06. The van der Waals surface area contributed by atoms with E-state index in [1.54, 1.807) is 12.1 Å². The van der Waals surface area contributed by atoms with Crippen LogP contribution in [-0.2, 0) is 13.1 Å². The molecule has 0 aromatic heterocycles. The summed E-state index contributed by atoms with van der Waals surface area (Å²) < 4.78 is 19.1. The van der Waals surface area contributed by atoms with E-state index in [1.165, 1.54) is 12.1 Å². The maximum absolute atomic E-state index is 13.4. The molecule has 1 heterocycles. The minimum Gasteiger partial charge on any atom is -0.493 e. The number of hydrogen-bond acceptors (Lipinski definition) is 3. The minimum absolute atomic E-state index is 0.0796. The van der Waals surface area contributed by atoms with Crippen molar-refractivity contribution in [2.75, 3.05) is 26.7 Å². The number of carbonyl (C=O) groups is 1. The molecule has 0 saturated carbocycles. The minimum atomic E-state index is -0.262. The van der Waals surface area contributed by atoms with Gasteiger partial charge >= 0.3 is 6.03 Å². The van der Waals surface area contributed by atoms with Crippen LogP contribution in [0.4, 0.5) is 9.18 Å². The molecule has 2 aromatic rings. The SMILES string of the molecule is CC(C)COc1ccc(CNC(=O)N(Cc2ccc(F)cc2)[C@H]2CCCN(C)CC2)cc1. The van der Waals surface area contributed by atoms with Gasteiger partial charge in [0.05, 0.1) is 6.61 Å². The van der Waals surface area contributed by atoms with E-state index >= 15 is 0 Å². The van der Waals surface area contributed by atoms with Crippen LogP contribution in [0.1, 0.15) is 44.2 Å². The largest absolute Gasteiger partial charge is 0.493 e. The van der Waals surface area contributed by atoms with Crippen molar-refractivity contribution in [3.05, 3.63) is 65.5 Å². The fraction of sp³-hybridized carbons (Fsp3) is 0.500. The molecule has 0 spiro atoms. The van der Waals surface area contributed by atoms with Crippen LogP contribution in [0.2, 0.25) is 0 Å². The number of rotatable bonds is 8. The van der Waals surface area contributed by atoms with E-state index in [4.69, 9.17) is 4.74 Å². The zero-order valence-electron chi connectivity index (χ0n) is 19.5. The average Bonchev–Trinajstić information content (AvgIpc) is 3.00. The number of carbonyl (C=O) groups excluding carboxylic acids is 1. The third-order valence-corrected chi connectivity index (χ3v) is 5.84. The molecule has 0 aliphatic carbocycles. The molecular formula is C26H36FN3O2. The summed E-state index contributed by atoms with van der Waals surface area (Å²) in [5.74, 6) is 1.06. The van der Waals surface area contributed by atoms with Crippen molar-refractivity contribution >= 4 is 6.03 Å². The first-order valence-corrected chi connectivity index (χ1v) is 11.6. The van der Waals surface area contributed by atoms with Gasteiger partial charge in [0.1, 0.15) is 11.6 Å². The first-order valence-electron chi connectivity index (χ1n) is 11.6. The van der Waals surface area contributed by atoms with E-state index in [-0.39, 0.29) is 17.9 Å². The molecule has 2 aromatic carbocycles. The van der Waals surface area contributed by atoms with Crippen LogP contribution in [0, 0.1) is 11.7 Å². The van der Waals surface area contributed by atoms with Crippen LogP contribution in [0.3, 0.4) is 0 Å². The molecule has 3 rings (SSSR count). The number of benzene rings is 2. The van der Waals surface area contributed by atoms with Crippen LogP contribution in [0.15, 0.2) is 48.5 Å². The summed E-state index contributed by atoms with van der Waals surface area (Å²) in [4.78, 5) is 17.5. The lowest BCUT2D eigenvalue weighted by Crippen LogP contribution is -2.45. The number of urea groups is 1. The molecule has 6 heteroatoms. The fourth-order valence-corrected chi connectivity index (χ4v) is 3.93. The number of ether oxygens (including phenoxy) is 1. The molecule has 5 nitrogen and oxygen atoms in total. The normalized spacial score (nSPS) is 17.1. The van der Waals surface area contributed by atoms with Gasteiger partial charge in [-0.05, 0) is 80.7 Å². The molecule has 1 aliphatic rings. The van der Waals surface area contributed by atoms with Gasteiger partial charge in [-0.2, -0.15) is 0 Å². The molecule has 2 amide bonds. The highest BCUT2D eigenvalue weighted by Crippen LogP contribution is 2.20. The van der Waals surface area contributed by atoms with Crippen LogP contribution in [0.5, 0.6) is 5.75 Å². The summed E-state index contributed by atoms with van der Waals surface area (Å²) >= 11 is 0. The van der Waals surface area contributed by atoms with Crippen molar-refractivity contribution in [2.45, 2.75) is 52.2 Å². The van der Waals surface area contributed by atoms with E-state index in [1.807, 2.05) is 29.2 Å². The maximum atomic E-state index is 13.4. The van der Waals surface area contributed by atoms with Crippen molar-refractivity contribution in [3.8, 4) is 5.75 Å². The molecule has 1 aliphatic heterocycles. The average molecular weight is 442 g/mol. The lowest BCUT2D eigenvalue weighted by molar-refractivity contribution is 0.162. The first kappa shape index (κ1) is 24.1. The third-order valence-electron chi connectivity index (χ3n) is 5.84. The highest BCUT2D eigenvalue weighted by atomic mass is 19.1. The van der Waals surface area contributed by atoms with Gasteiger partial charge in [0.2, 0.25) is 0 Å². The molecule has 174 valence electrons. The zero-order valence-corrected chi connectivity index (χ0v) is 19.5. The van der Waals surface area contributed by atoms with Crippen LogP contribution < -0.4 is 10.1 Å². The Kier molecular flexibility index (Phi) is 8.91. The van der Waals surface area contributed by atoms with Crippen molar-refractivity contribution in [3.63, 3.8) is 0 Å². The van der Waals surface area contributed by atoms with Gasteiger partial charge < -0.3 is 19.9 Å². The lowest BCUT2D eigenvalue weighted by Gasteiger charge is -2.31. The highest BCUT2D eigenvalue weighted by molar-refractivity contribution is 5.74. The molecule has 0 bridgehead atoms. The standard InChI is InChI=1S/C26H36FN3O2/c1-20(2)19-32-25-12-8-21(9-13-25)17-28-26(31)30(18-22-6-10-23(27)11-7-22)24-5-4-15-29(3)16-14-24/h6-13,20,24H,4-5,14-19H2,1-3H3,(H,28,31)/t24-/m0/s1. The maximum Gasteiger partial charge on any atom is 0.318 e. The van der Waals surface area contributed by atoms with E-state index in [2.05, 4.69) is 31.1 Å².